The van der Waals surface area contributed by atoms with Crippen molar-refractivity contribution in [1.29, 1.82) is 0 Å². The van der Waals surface area contributed by atoms with Crippen LogP contribution in [0.4, 0.5) is 0 Å². The van der Waals surface area contributed by atoms with Crippen LogP contribution in [0.1, 0.15) is 74.1 Å². The maximum atomic E-state index is 4.09. The second kappa shape index (κ2) is 7.99. The van der Waals surface area contributed by atoms with Crippen molar-refractivity contribution < 1.29 is 0 Å². The van der Waals surface area contributed by atoms with E-state index in [-0.39, 0.29) is 5.54 Å². The van der Waals surface area contributed by atoms with E-state index in [0.717, 1.165) is 18.3 Å². The zero-order valence-electron chi connectivity index (χ0n) is 13.8. The van der Waals surface area contributed by atoms with E-state index in [4.69, 9.17) is 0 Å². The highest BCUT2D eigenvalue weighted by atomic mass is 15.0. The fourth-order valence-electron chi connectivity index (χ4n) is 2.85. The lowest BCUT2D eigenvalue weighted by Crippen LogP contribution is -2.47. The van der Waals surface area contributed by atoms with Crippen molar-refractivity contribution in [3.8, 4) is 0 Å². The summed E-state index contributed by atoms with van der Waals surface area (Å²) >= 11 is 0. The molecule has 3 atom stereocenters. The third-order valence-electron chi connectivity index (χ3n) is 4.12. The van der Waals surface area contributed by atoms with Crippen LogP contribution in [-0.4, -0.2) is 11.6 Å². The van der Waals surface area contributed by atoms with E-state index in [0.29, 0.717) is 6.04 Å². The smallest absolute Gasteiger partial charge is 0.0276 e. The van der Waals surface area contributed by atoms with E-state index < -0.39 is 0 Å². The minimum atomic E-state index is 0.195. The van der Waals surface area contributed by atoms with Gasteiger partial charge in [0.25, 0.3) is 0 Å². The Labute approximate surface area is 115 Å². The molecule has 1 N–H and O–H groups in total. The first kappa shape index (κ1) is 17.7. The molecular weight excluding hydrogens is 218 g/mol. The van der Waals surface area contributed by atoms with Crippen molar-refractivity contribution in [1.82, 2.24) is 5.32 Å². The Balaban J connectivity index is 4.40. The molecule has 0 aromatic rings. The van der Waals surface area contributed by atoms with Gasteiger partial charge in [-0.15, -0.1) is 0 Å². The van der Waals surface area contributed by atoms with Crippen molar-refractivity contribution in [3.63, 3.8) is 0 Å². The van der Waals surface area contributed by atoms with Gasteiger partial charge in [-0.3, -0.25) is 0 Å². The minimum Gasteiger partial charge on any atom is -0.305 e. The molecule has 0 rings (SSSR count). The molecule has 0 aliphatic heterocycles. The molecule has 0 aromatic heterocycles. The van der Waals surface area contributed by atoms with Crippen molar-refractivity contribution in [2.45, 2.75) is 85.7 Å². The van der Waals surface area contributed by atoms with E-state index in [9.17, 15) is 0 Å². The van der Waals surface area contributed by atoms with Gasteiger partial charge in [0.15, 0.2) is 0 Å². The molecular formula is C17H35N. The molecule has 18 heavy (non-hydrogen) atoms. The van der Waals surface area contributed by atoms with Crippen molar-refractivity contribution in [3.05, 3.63) is 12.2 Å². The first-order chi connectivity index (χ1) is 8.23. The van der Waals surface area contributed by atoms with Crippen LogP contribution < -0.4 is 5.32 Å². The lowest BCUT2D eigenvalue weighted by atomic mass is 9.81. The third kappa shape index (κ3) is 6.58. The molecule has 0 saturated carbocycles. The third-order valence-corrected chi connectivity index (χ3v) is 4.12. The molecule has 0 saturated heterocycles. The second-order valence-electron chi connectivity index (χ2n) is 6.78. The van der Waals surface area contributed by atoms with Gasteiger partial charge in [-0.2, -0.15) is 0 Å². The van der Waals surface area contributed by atoms with E-state index >= 15 is 0 Å². The molecule has 0 amide bonds. The van der Waals surface area contributed by atoms with Gasteiger partial charge in [-0.05, 0) is 45.4 Å². The van der Waals surface area contributed by atoms with Crippen LogP contribution in [0.5, 0.6) is 0 Å². The quantitative estimate of drug-likeness (QED) is 0.559. The Hall–Kier alpha value is -0.300. The average Bonchev–Trinajstić information content (AvgIpc) is 2.25. The Bertz CT molecular complexity index is 242. The minimum absolute atomic E-state index is 0.195. The van der Waals surface area contributed by atoms with Crippen LogP contribution in [0.25, 0.3) is 0 Å². The average molecular weight is 253 g/mol. The summed E-state index contributed by atoms with van der Waals surface area (Å²) in [4.78, 5) is 0. The maximum absolute atomic E-state index is 4.09. The summed E-state index contributed by atoms with van der Waals surface area (Å²) in [5.74, 6) is 1.59. The molecule has 0 aromatic carbocycles. The summed E-state index contributed by atoms with van der Waals surface area (Å²) in [7, 11) is 0. The number of rotatable bonds is 9. The Morgan fingerprint density at radius 1 is 1.17 bits per heavy atom. The highest BCUT2D eigenvalue weighted by Crippen LogP contribution is 2.26. The Morgan fingerprint density at radius 2 is 1.72 bits per heavy atom. The fraction of sp³-hybridized carbons (Fsp3) is 0.882. The molecule has 0 bridgehead atoms. The lowest BCUT2D eigenvalue weighted by Gasteiger charge is -2.35. The van der Waals surface area contributed by atoms with Gasteiger partial charge in [-0.25, -0.2) is 0 Å². The lowest BCUT2D eigenvalue weighted by molar-refractivity contribution is 0.234. The van der Waals surface area contributed by atoms with Gasteiger partial charge in [0.05, 0.1) is 0 Å². The maximum Gasteiger partial charge on any atom is 0.0276 e. The molecule has 108 valence electrons. The molecule has 0 aliphatic rings. The van der Waals surface area contributed by atoms with Crippen LogP contribution in [-0.2, 0) is 0 Å². The first-order valence-corrected chi connectivity index (χ1v) is 7.66. The van der Waals surface area contributed by atoms with Gasteiger partial charge >= 0.3 is 0 Å². The predicted octanol–water partition coefficient (Wildman–Crippen LogP) is 5.17. The standard InChI is InChI=1S/C17H35N/c1-9-11-14(5)15(6)12-17(7,8)18-16(10-2)13(3)4/h14-16,18H,3,9-12H2,1-2,4-8H3. The normalized spacial score (nSPS) is 17.3. The van der Waals surface area contributed by atoms with Crippen LogP contribution >= 0.6 is 0 Å². The van der Waals surface area contributed by atoms with Crippen LogP contribution in [0.2, 0.25) is 0 Å². The first-order valence-electron chi connectivity index (χ1n) is 7.66. The number of hydrogen-bond donors (Lipinski definition) is 1. The molecule has 0 aliphatic carbocycles. The van der Waals surface area contributed by atoms with E-state index in [1.807, 2.05) is 0 Å². The Morgan fingerprint density at radius 3 is 2.11 bits per heavy atom. The van der Waals surface area contributed by atoms with Crippen molar-refractivity contribution >= 4 is 0 Å². The van der Waals surface area contributed by atoms with Gasteiger partial charge < -0.3 is 5.32 Å². The van der Waals surface area contributed by atoms with Gasteiger partial charge in [0, 0.05) is 11.6 Å². The summed E-state index contributed by atoms with van der Waals surface area (Å²) in [6, 6.07) is 0.452. The van der Waals surface area contributed by atoms with Crippen molar-refractivity contribution in [2.24, 2.45) is 11.8 Å². The molecule has 1 nitrogen and oxygen atoms in total. The van der Waals surface area contributed by atoms with E-state index in [1.54, 1.807) is 0 Å². The summed E-state index contributed by atoms with van der Waals surface area (Å²) in [6.45, 7) is 20.2. The molecule has 0 spiro atoms. The van der Waals surface area contributed by atoms with Gasteiger partial charge in [0.2, 0.25) is 0 Å². The summed E-state index contributed by atoms with van der Waals surface area (Å²) < 4.78 is 0. The van der Waals surface area contributed by atoms with Crippen molar-refractivity contribution in [2.75, 3.05) is 0 Å². The zero-order valence-corrected chi connectivity index (χ0v) is 13.8. The highest BCUT2D eigenvalue weighted by molar-refractivity contribution is 5.03. The summed E-state index contributed by atoms with van der Waals surface area (Å²) in [5.41, 5.74) is 1.45. The molecule has 3 unspecified atom stereocenters. The number of hydrogen-bond acceptors (Lipinski definition) is 1. The largest absolute Gasteiger partial charge is 0.305 e. The SMILES string of the molecule is C=C(C)C(CC)NC(C)(C)CC(C)C(C)CCC. The predicted molar refractivity (Wildman–Crippen MR) is 84.0 cm³/mol. The van der Waals surface area contributed by atoms with E-state index in [2.05, 4.69) is 60.4 Å². The summed E-state index contributed by atoms with van der Waals surface area (Å²) in [5, 5.41) is 3.77. The topological polar surface area (TPSA) is 12.0 Å². The van der Waals surface area contributed by atoms with Crippen LogP contribution in [0.3, 0.4) is 0 Å². The Kier molecular flexibility index (Phi) is 7.86. The van der Waals surface area contributed by atoms with Crippen LogP contribution in [0.15, 0.2) is 12.2 Å². The fourth-order valence-corrected chi connectivity index (χ4v) is 2.85. The van der Waals surface area contributed by atoms with Gasteiger partial charge in [-0.1, -0.05) is 52.7 Å². The zero-order chi connectivity index (χ0) is 14.3. The molecule has 0 radical (unpaired) electrons. The summed E-state index contributed by atoms with van der Waals surface area (Å²) in [6.07, 6.45) is 4.99. The van der Waals surface area contributed by atoms with Gasteiger partial charge in [0.1, 0.15) is 0 Å². The molecule has 1 heteroatoms. The van der Waals surface area contributed by atoms with E-state index in [1.165, 1.54) is 24.8 Å². The highest BCUT2D eigenvalue weighted by Gasteiger charge is 2.26. The monoisotopic (exact) mass is 253 g/mol. The van der Waals surface area contributed by atoms with Crippen LogP contribution in [0, 0.1) is 11.8 Å². The second-order valence-corrected chi connectivity index (χ2v) is 6.78. The molecule has 0 fully saturated rings. The molecule has 0 heterocycles. The number of nitrogens with one attached hydrogen (secondary N) is 1.